The number of carbonyl (C=O) groups excluding carboxylic acids is 2. The van der Waals surface area contributed by atoms with Gasteiger partial charge in [-0.15, -0.1) is 0 Å². The van der Waals surface area contributed by atoms with E-state index in [1.54, 1.807) is 20.8 Å². The largest absolute Gasteiger partial charge is 0.471 e. The first-order valence-electron chi connectivity index (χ1n) is 9.67. The third-order valence-electron chi connectivity index (χ3n) is 4.64. The summed E-state index contributed by atoms with van der Waals surface area (Å²) in [5, 5.41) is 2.57. The Balaban J connectivity index is 1.91. The zero-order chi connectivity index (χ0) is 22.6. The molecule has 0 bridgehead atoms. The smallest absolute Gasteiger partial charge is 0.387 e. The number of amides is 1. The molecule has 3 rings (SSSR count). The highest BCUT2D eigenvalue weighted by Gasteiger charge is 2.44. The number of hydrogen-bond acceptors (Lipinski definition) is 6. The maximum absolute atomic E-state index is 12.9. The number of esters is 1. The van der Waals surface area contributed by atoms with Gasteiger partial charge in [-0.2, -0.15) is 8.78 Å². The second kappa shape index (κ2) is 9.30. The Bertz CT molecular complexity index is 949. The minimum absolute atomic E-state index is 0.0340. The maximum Gasteiger partial charge on any atom is 0.387 e. The van der Waals surface area contributed by atoms with Gasteiger partial charge in [0.2, 0.25) is 6.10 Å². The van der Waals surface area contributed by atoms with Crippen molar-refractivity contribution in [3.63, 3.8) is 0 Å². The molecule has 0 aromatic heterocycles. The van der Waals surface area contributed by atoms with Crippen molar-refractivity contribution in [1.82, 2.24) is 0 Å². The van der Waals surface area contributed by atoms with Crippen molar-refractivity contribution in [2.45, 2.75) is 45.7 Å². The molecule has 1 N–H and O–H groups in total. The Morgan fingerprint density at radius 1 is 1.19 bits per heavy atom. The summed E-state index contributed by atoms with van der Waals surface area (Å²) in [6, 6.07) is 11.7. The van der Waals surface area contributed by atoms with Crippen LogP contribution in [-0.4, -0.2) is 36.8 Å². The Hall–Kier alpha value is -3.20. The first-order valence-corrected chi connectivity index (χ1v) is 9.67. The Kier molecular flexibility index (Phi) is 6.74. The molecule has 2 aromatic rings. The summed E-state index contributed by atoms with van der Waals surface area (Å²) >= 11 is 0. The standard InChI is InChI=1S/C22H23F2NO6/c1-4-28-20(27)14-10-11-15(30-21(23)24)17-16(14)25-19(26)18(31-17)22(2,3)29-12-13-8-6-5-7-9-13/h5-11,18,21H,4,12H2,1-3H3,(H,25,26). The van der Waals surface area contributed by atoms with Crippen LogP contribution in [0.1, 0.15) is 36.7 Å². The lowest BCUT2D eigenvalue weighted by Crippen LogP contribution is -2.52. The molecule has 0 radical (unpaired) electrons. The molecule has 0 fully saturated rings. The number of halogens is 2. The van der Waals surface area contributed by atoms with E-state index in [1.807, 2.05) is 30.3 Å². The molecule has 1 atom stereocenters. The van der Waals surface area contributed by atoms with E-state index in [9.17, 15) is 18.4 Å². The molecule has 7 nitrogen and oxygen atoms in total. The molecule has 1 aliphatic heterocycles. The van der Waals surface area contributed by atoms with E-state index in [4.69, 9.17) is 14.2 Å². The Morgan fingerprint density at radius 3 is 2.55 bits per heavy atom. The first kappa shape index (κ1) is 22.5. The number of carbonyl (C=O) groups is 2. The quantitative estimate of drug-likeness (QED) is 0.627. The van der Waals surface area contributed by atoms with Gasteiger partial charge in [-0.25, -0.2) is 4.79 Å². The van der Waals surface area contributed by atoms with Gasteiger partial charge in [0.25, 0.3) is 5.91 Å². The number of hydrogen-bond donors (Lipinski definition) is 1. The minimum atomic E-state index is -3.13. The van der Waals surface area contributed by atoms with Crippen molar-refractivity contribution in [3.8, 4) is 11.5 Å². The molecular formula is C22H23F2NO6. The highest BCUT2D eigenvalue weighted by Crippen LogP contribution is 2.44. The van der Waals surface area contributed by atoms with Gasteiger partial charge >= 0.3 is 12.6 Å². The van der Waals surface area contributed by atoms with Gasteiger partial charge in [-0.05, 0) is 38.5 Å². The van der Waals surface area contributed by atoms with Crippen LogP contribution in [0.3, 0.4) is 0 Å². The molecule has 1 amide bonds. The summed E-state index contributed by atoms with van der Waals surface area (Å²) in [5.41, 5.74) is -0.372. The van der Waals surface area contributed by atoms with Crippen molar-refractivity contribution in [2.24, 2.45) is 0 Å². The molecule has 0 aliphatic carbocycles. The van der Waals surface area contributed by atoms with Gasteiger partial charge in [-0.1, -0.05) is 30.3 Å². The third kappa shape index (κ3) is 5.11. The van der Waals surface area contributed by atoms with E-state index >= 15 is 0 Å². The molecule has 1 heterocycles. The van der Waals surface area contributed by atoms with Crippen LogP contribution in [0.4, 0.5) is 14.5 Å². The average molecular weight is 435 g/mol. The van der Waals surface area contributed by atoms with E-state index in [1.165, 1.54) is 12.1 Å². The van der Waals surface area contributed by atoms with Gasteiger partial charge in [0.05, 0.1) is 18.8 Å². The zero-order valence-corrected chi connectivity index (χ0v) is 17.3. The average Bonchev–Trinajstić information content (AvgIpc) is 2.72. The second-order valence-corrected chi connectivity index (χ2v) is 7.28. The maximum atomic E-state index is 12.9. The summed E-state index contributed by atoms with van der Waals surface area (Å²) < 4.78 is 47.0. The van der Waals surface area contributed by atoms with Crippen LogP contribution in [0.15, 0.2) is 42.5 Å². The summed E-state index contributed by atoms with van der Waals surface area (Å²) in [4.78, 5) is 25.1. The van der Waals surface area contributed by atoms with Crippen LogP contribution < -0.4 is 14.8 Å². The molecular weight excluding hydrogens is 412 g/mol. The lowest BCUT2D eigenvalue weighted by atomic mass is 9.97. The third-order valence-corrected chi connectivity index (χ3v) is 4.64. The van der Waals surface area contributed by atoms with Crippen molar-refractivity contribution in [3.05, 3.63) is 53.6 Å². The van der Waals surface area contributed by atoms with E-state index in [0.717, 1.165) is 5.56 Å². The van der Waals surface area contributed by atoms with Gasteiger partial charge in [0.1, 0.15) is 11.3 Å². The fourth-order valence-electron chi connectivity index (χ4n) is 3.11. The van der Waals surface area contributed by atoms with Gasteiger partial charge in [-0.3, -0.25) is 4.79 Å². The van der Waals surface area contributed by atoms with E-state index in [0.29, 0.717) is 0 Å². The number of benzene rings is 2. The Labute approximate surface area is 178 Å². The highest BCUT2D eigenvalue weighted by molar-refractivity contribution is 6.07. The number of ether oxygens (including phenoxy) is 4. The van der Waals surface area contributed by atoms with E-state index in [2.05, 4.69) is 10.1 Å². The summed E-state index contributed by atoms with van der Waals surface area (Å²) in [5.74, 6) is -1.83. The molecule has 1 aliphatic rings. The molecule has 9 heteroatoms. The first-order chi connectivity index (χ1) is 14.7. The van der Waals surface area contributed by atoms with Crippen LogP contribution in [0.2, 0.25) is 0 Å². The van der Waals surface area contributed by atoms with E-state index in [-0.39, 0.29) is 36.0 Å². The van der Waals surface area contributed by atoms with Crippen molar-refractivity contribution < 1.29 is 37.3 Å². The lowest BCUT2D eigenvalue weighted by molar-refractivity contribution is -0.144. The highest BCUT2D eigenvalue weighted by atomic mass is 19.3. The minimum Gasteiger partial charge on any atom is -0.471 e. The van der Waals surface area contributed by atoms with Crippen molar-refractivity contribution in [2.75, 3.05) is 11.9 Å². The number of fused-ring (bicyclic) bond motifs is 1. The van der Waals surface area contributed by atoms with Gasteiger partial charge in [0, 0.05) is 0 Å². The monoisotopic (exact) mass is 435 g/mol. The van der Waals surface area contributed by atoms with Gasteiger partial charge in [0.15, 0.2) is 11.5 Å². The molecule has 2 aromatic carbocycles. The van der Waals surface area contributed by atoms with Crippen LogP contribution >= 0.6 is 0 Å². The molecule has 0 saturated heterocycles. The van der Waals surface area contributed by atoms with Crippen LogP contribution in [0.25, 0.3) is 0 Å². The fraction of sp³-hybridized carbons (Fsp3) is 0.364. The number of rotatable bonds is 8. The topological polar surface area (TPSA) is 83.1 Å². The molecule has 166 valence electrons. The van der Waals surface area contributed by atoms with Crippen molar-refractivity contribution in [1.29, 1.82) is 0 Å². The number of alkyl halides is 2. The normalized spacial score (nSPS) is 15.7. The SMILES string of the molecule is CCOC(=O)c1ccc(OC(F)F)c2c1NC(=O)C(C(C)(C)OCc1ccccc1)O2. The lowest BCUT2D eigenvalue weighted by Gasteiger charge is -2.37. The van der Waals surface area contributed by atoms with E-state index < -0.39 is 30.2 Å². The molecule has 1 unspecified atom stereocenters. The molecule has 31 heavy (non-hydrogen) atoms. The Morgan fingerprint density at radius 2 is 1.90 bits per heavy atom. The number of anilines is 1. The second-order valence-electron chi connectivity index (χ2n) is 7.28. The summed E-state index contributed by atoms with van der Waals surface area (Å²) in [6.45, 7) is 2.09. The van der Waals surface area contributed by atoms with Crippen LogP contribution in [0.5, 0.6) is 11.5 Å². The van der Waals surface area contributed by atoms with Gasteiger partial charge < -0.3 is 24.3 Å². The number of nitrogens with one attached hydrogen (secondary N) is 1. The zero-order valence-electron chi connectivity index (χ0n) is 17.3. The molecule has 0 saturated carbocycles. The van der Waals surface area contributed by atoms with Crippen LogP contribution in [0, 0.1) is 0 Å². The fourth-order valence-corrected chi connectivity index (χ4v) is 3.11. The van der Waals surface area contributed by atoms with Crippen LogP contribution in [-0.2, 0) is 20.9 Å². The predicted octanol–water partition coefficient (Wildman–Crippen LogP) is 4.16. The van der Waals surface area contributed by atoms with Crippen molar-refractivity contribution >= 4 is 17.6 Å². The summed E-state index contributed by atoms with van der Waals surface area (Å²) in [6.07, 6.45) is -1.19. The molecule has 0 spiro atoms. The predicted molar refractivity (Wildman–Crippen MR) is 107 cm³/mol. The summed E-state index contributed by atoms with van der Waals surface area (Å²) in [7, 11) is 0.